The first-order chi connectivity index (χ1) is 6.07. The molecule has 0 amide bonds. The van der Waals surface area contributed by atoms with Gasteiger partial charge in [-0.05, 0) is 22.6 Å². The summed E-state index contributed by atoms with van der Waals surface area (Å²) in [6.07, 6.45) is -1.70. The summed E-state index contributed by atoms with van der Waals surface area (Å²) in [5, 5.41) is 0. The highest BCUT2D eigenvalue weighted by Gasteiger charge is 2.20. The summed E-state index contributed by atoms with van der Waals surface area (Å²) < 4.78 is 37.8. The first kappa shape index (κ1) is 11.0. The van der Waals surface area contributed by atoms with Crippen molar-refractivity contribution in [3.05, 3.63) is 26.8 Å². The van der Waals surface area contributed by atoms with E-state index < -0.39 is 17.8 Å². The van der Waals surface area contributed by atoms with Crippen molar-refractivity contribution in [1.82, 2.24) is 4.98 Å². The molecule has 0 bridgehead atoms. The van der Waals surface area contributed by atoms with Gasteiger partial charge in [0.2, 0.25) is 0 Å². The summed E-state index contributed by atoms with van der Waals surface area (Å²) in [6.45, 7) is 0. The predicted octanol–water partition coefficient (Wildman–Crippen LogP) is 3.50. The Labute approximate surface area is 91.4 Å². The van der Waals surface area contributed by atoms with Gasteiger partial charge in [0.05, 0.1) is 20.7 Å². The number of rotatable bonds is 2. The van der Waals surface area contributed by atoms with Crippen LogP contribution in [0.15, 0.2) is 6.20 Å². The summed E-state index contributed by atoms with van der Waals surface area (Å²) in [5.41, 5.74) is -0.795. The topological polar surface area (TPSA) is 12.9 Å². The monoisotopic (exact) mass is 321 g/mol. The normalized spacial score (nSPS) is 10.9. The van der Waals surface area contributed by atoms with Gasteiger partial charge in [-0.2, -0.15) is 0 Å². The van der Waals surface area contributed by atoms with Gasteiger partial charge >= 0.3 is 0 Å². The van der Waals surface area contributed by atoms with Crippen LogP contribution in [0.1, 0.15) is 17.7 Å². The Hall–Kier alpha value is -0.0400. The maximum absolute atomic E-state index is 13.1. The molecule has 0 aliphatic heterocycles. The van der Waals surface area contributed by atoms with Gasteiger partial charge in [0.1, 0.15) is 5.82 Å². The Bertz CT molecular complexity index is 319. The van der Waals surface area contributed by atoms with Crippen LogP contribution in [0.2, 0.25) is 0 Å². The lowest BCUT2D eigenvalue weighted by Gasteiger charge is -2.07. The quantitative estimate of drug-likeness (QED) is 0.600. The van der Waals surface area contributed by atoms with E-state index >= 15 is 0 Å². The molecule has 0 atom stereocenters. The van der Waals surface area contributed by atoms with Crippen LogP contribution in [0.4, 0.5) is 13.2 Å². The zero-order valence-corrected chi connectivity index (χ0v) is 9.11. The van der Waals surface area contributed by atoms with Crippen molar-refractivity contribution in [2.24, 2.45) is 0 Å². The molecule has 13 heavy (non-hydrogen) atoms. The SMILES string of the molecule is Fc1c(I)cnc(CCl)c1C(F)F. The van der Waals surface area contributed by atoms with Crippen LogP contribution in [0.5, 0.6) is 0 Å². The molecule has 1 aromatic heterocycles. The van der Waals surface area contributed by atoms with Crippen LogP contribution in [0.3, 0.4) is 0 Å². The number of alkyl halides is 3. The van der Waals surface area contributed by atoms with E-state index in [1.165, 1.54) is 6.20 Å². The Morgan fingerprint density at radius 3 is 2.62 bits per heavy atom. The fourth-order valence-corrected chi connectivity index (χ4v) is 1.49. The van der Waals surface area contributed by atoms with Gasteiger partial charge in [0.25, 0.3) is 6.43 Å². The van der Waals surface area contributed by atoms with Gasteiger partial charge in [-0.25, -0.2) is 13.2 Å². The molecule has 1 nitrogen and oxygen atoms in total. The highest BCUT2D eigenvalue weighted by molar-refractivity contribution is 14.1. The minimum absolute atomic E-state index is 0.0711. The Balaban J connectivity index is 3.32. The molecule has 0 aliphatic carbocycles. The molecular formula is C7H4ClF3IN. The number of halogens is 5. The number of hydrogen-bond donors (Lipinski definition) is 0. The van der Waals surface area contributed by atoms with Crippen molar-refractivity contribution in [1.29, 1.82) is 0 Å². The molecule has 0 saturated carbocycles. The third-order valence-corrected chi connectivity index (χ3v) is 2.44. The zero-order valence-electron chi connectivity index (χ0n) is 6.20. The van der Waals surface area contributed by atoms with Crippen molar-refractivity contribution in [3.63, 3.8) is 0 Å². The van der Waals surface area contributed by atoms with E-state index in [0.29, 0.717) is 0 Å². The van der Waals surface area contributed by atoms with E-state index in [1.54, 1.807) is 22.6 Å². The molecule has 0 saturated heterocycles. The van der Waals surface area contributed by atoms with E-state index in [2.05, 4.69) is 4.98 Å². The molecular weight excluding hydrogens is 317 g/mol. The Kier molecular flexibility index (Phi) is 3.78. The summed E-state index contributed by atoms with van der Waals surface area (Å²) in [7, 11) is 0. The maximum Gasteiger partial charge on any atom is 0.268 e. The highest BCUT2D eigenvalue weighted by Crippen LogP contribution is 2.28. The van der Waals surface area contributed by atoms with E-state index in [1.807, 2.05) is 0 Å². The van der Waals surface area contributed by atoms with Crippen molar-refractivity contribution < 1.29 is 13.2 Å². The molecule has 0 aliphatic rings. The van der Waals surface area contributed by atoms with Crippen LogP contribution >= 0.6 is 34.2 Å². The Morgan fingerprint density at radius 1 is 1.54 bits per heavy atom. The fraction of sp³-hybridized carbons (Fsp3) is 0.286. The number of hydrogen-bond acceptors (Lipinski definition) is 1. The van der Waals surface area contributed by atoms with Crippen LogP contribution in [0.25, 0.3) is 0 Å². The number of nitrogens with zero attached hydrogens (tertiary/aromatic N) is 1. The van der Waals surface area contributed by atoms with Gasteiger partial charge in [0, 0.05) is 6.20 Å². The van der Waals surface area contributed by atoms with Crippen LogP contribution in [-0.2, 0) is 5.88 Å². The first-order valence-corrected chi connectivity index (χ1v) is 4.86. The average molecular weight is 321 g/mol. The smallest absolute Gasteiger partial charge is 0.258 e. The molecule has 1 aromatic rings. The largest absolute Gasteiger partial charge is 0.268 e. The average Bonchev–Trinajstić information content (AvgIpc) is 2.08. The lowest BCUT2D eigenvalue weighted by Crippen LogP contribution is -2.02. The van der Waals surface area contributed by atoms with E-state index in [9.17, 15) is 13.2 Å². The molecule has 0 radical (unpaired) electrons. The molecule has 0 fully saturated rings. The van der Waals surface area contributed by atoms with Gasteiger partial charge < -0.3 is 0 Å². The molecule has 1 heterocycles. The highest BCUT2D eigenvalue weighted by atomic mass is 127. The van der Waals surface area contributed by atoms with E-state index in [0.717, 1.165) is 0 Å². The predicted molar refractivity (Wildman–Crippen MR) is 51.4 cm³/mol. The maximum atomic E-state index is 13.1. The summed E-state index contributed by atoms with van der Waals surface area (Å²) in [4.78, 5) is 3.62. The van der Waals surface area contributed by atoms with Crippen molar-refractivity contribution in [2.45, 2.75) is 12.3 Å². The zero-order chi connectivity index (χ0) is 10.0. The van der Waals surface area contributed by atoms with Crippen LogP contribution in [-0.4, -0.2) is 4.98 Å². The summed E-state index contributed by atoms with van der Waals surface area (Å²) in [5.74, 6) is -1.14. The number of pyridine rings is 1. The molecule has 0 aromatic carbocycles. The van der Waals surface area contributed by atoms with Gasteiger partial charge in [-0.3, -0.25) is 4.98 Å². The Morgan fingerprint density at radius 2 is 2.15 bits per heavy atom. The molecule has 0 N–H and O–H groups in total. The van der Waals surface area contributed by atoms with Gasteiger partial charge in [0.15, 0.2) is 0 Å². The van der Waals surface area contributed by atoms with E-state index in [4.69, 9.17) is 11.6 Å². The molecule has 72 valence electrons. The minimum Gasteiger partial charge on any atom is -0.258 e. The van der Waals surface area contributed by atoms with Gasteiger partial charge in [-0.1, -0.05) is 0 Å². The lowest BCUT2D eigenvalue weighted by molar-refractivity contribution is 0.144. The van der Waals surface area contributed by atoms with Crippen molar-refractivity contribution in [2.75, 3.05) is 0 Å². The van der Waals surface area contributed by atoms with E-state index in [-0.39, 0.29) is 15.1 Å². The summed E-state index contributed by atoms with van der Waals surface area (Å²) in [6, 6.07) is 0. The second kappa shape index (κ2) is 4.45. The first-order valence-electron chi connectivity index (χ1n) is 3.24. The summed E-state index contributed by atoms with van der Waals surface area (Å²) >= 11 is 6.94. The standard InChI is InChI=1S/C7H4ClF3IN/c8-1-4-5(7(10)11)6(9)3(12)2-13-4/h2,7H,1H2. The molecule has 0 spiro atoms. The van der Waals surface area contributed by atoms with Crippen molar-refractivity contribution in [3.8, 4) is 0 Å². The van der Waals surface area contributed by atoms with Crippen LogP contribution < -0.4 is 0 Å². The fourth-order valence-electron chi connectivity index (χ4n) is 0.844. The second-order valence-corrected chi connectivity index (χ2v) is 3.64. The van der Waals surface area contributed by atoms with Gasteiger partial charge in [-0.15, -0.1) is 11.6 Å². The van der Waals surface area contributed by atoms with Crippen LogP contribution in [0, 0.1) is 9.39 Å². The van der Waals surface area contributed by atoms with Crippen molar-refractivity contribution >= 4 is 34.2 Å². The lowest BCUT2D eigenvalue weighted by atomic mass is 10.2. The number of aromatic nitrogens is 1. The third-order valence-electron chi connectivity index (χ3n) is 1.44. The third kappa shape index (κ3) is 2.25. The molecule has 6 heteroatoms. The molecule has 1 rings (SSSR count). The minimum atomic E-state index is -2.88. The molecule has 0 unspecified atom stereocenters. The second-order valence-electron chi connectivity index (χ2n) is 2.21.